The van der Waals surface area contributed by atoms with Gasteiger partial charge in [0.1, 0.15) is 10.9 Å². The number of rotatable bonds is 7. The molecule has 1 saturated heterocycles. The van der Waals surface area contributed by atoms with Crippen LogP contribution in [-0.4, -0.2) is 57.4 Å². The Morgan fingerprint density at radius 1 is 1.15 bits per heavy atom. The summed E-state index contributed by atoms with van der Waals surface area (Å²) in [6, 6.07) is 5.03. The van der Waals surface area contributed by atoms with Gasteiger partial charge in [0.15, 0.2) is 0 Å². The molecule has 2 rings (SSSR count). The number of carbonyl (C=O) groups is 3. The molecule has 9 nitrogen and oxygen atoms in total. The highest BCUT2D eigenvalue weighted by Crippen LogP contribution is 2.30. The van der Waals surface area contributed by atoms with Gasteiger partial charge in [0, 0.05) is 13.0 Å². The molecule has 1 aliphatic rings. The number of amides is 1. The van der Waals surface area contributed by atoms with E-state index in [9.17, 15) is 22.8 Å². The predicted molar refractivity (Wildman–Crippen MR) is 95.3 cm³/mol. The maximum atomic E-state index is 13.1. The number of anilines is 1. The van der Waals surface area contributed by atoms with E-state index in [0.29, 0.717) is 12.8 Å². The summed E-state index contributed by atoms with van der Waals surface area (Å²) in [7, 11) is -1.60. The predicted octanol–water partition coefficient (Wildman–Crippen LogP) is 0.904. The van der Waals surface area contributed by atoms with E-state index >= 15 is 0 Å². The molecule has 0 bridgehead atoms. The first-order valence-electron chi connectivity index (χ1n) is 8.36. The van der Waals surface area contributed by atoms with E-state index in [-0.39, 0.29) is 30.0 Å². The minimum atomic E-state index is -4.03. The third-order valence-electron chi connectivity index (χ3n) is 4.21. The zero-order chi connectivity index (χ0) is 20.0. The molecule has 1 fully saturated rings. The van der Waals surface area contributed by atoms with Crippen LogP contribution in [0.5, 0.6) is 0 Å². The Kier molecular flexibility index (Phi) is 6.92. The fourth-order valence-electron chi connectivity index (χ4n) is 2.85. The highest BCUT2D eigenvalue weighted by molar-refractivity contribution is 7.89. The van der Waals surface area contributed by atoms with Crippen LogP contribution in [0.15, 0.2) is 29.2 Å². The standard InChI is InChI=1S/C17H22N2O7S/c1-25-16(21)10-9-15(20)18-12-6-3-4-8-14(12)27(23,24)19-11-5-7-13(19)17(22)26-2/h3-4,6,8,13H,5,7,9-11H2,1-2H3,(H,18,20)/t13-/m0/s1. The minimum Gasteiger partial charge on any atom is -0.469 e. The molecule has 0 spiro atoms. The van der Waals surface area contributed by atoms with Crippen molar-refractivity contribution in [1.29, 1.82) is 0 Å². The third-order valence-corrected chi connectivity index (χ3v) is 6.17. The molecule has 1 aromatic carbocycles. The number of nitrogens with zero attached hydrogens (tertiary/aromatic N) is 1. The fraction of sp³-hybridized carbons (Fsp3) is 0.471. The smallest absolute Gasteiger partial charge is 0.324 e. The average molecular weight is 398 g/mol. The second-order valence-electron chi connectivity index (χ2n) is 5.92. The molecule has 148 valence electrons. The SMILES string of the molecule is COC(=O)CCC(=O)Nc1ccccc1S(=O)(=O)N1CCC[C@H]1C(=O)OC. The van der Waals surface area contributed by atoms with Crippen LogP contribution in [0.2, 0.25) is 0 Å². The molecule has 1 heterocycles. The molecule has 0 radical (unpaired) electrons. The van der Waals surface area contributed by atoms with Gasteiger partial charge in [-0.3, -0.25) is 14.4 Å². The lowest BCUT2D eigenvalue weighted by Gasteiger charge is -2.23. The second-order valence-corrected chi connectivity index (χ2v) is 7.78. The van der Waals surface area contributed by atoms with Crippen LogP contribution in [0.25, 0.3) is 0 Å². The van der Waals surface area contributed by atoms with E-state index in [4.69, 9.17) is 4.74 Å². The highest BCUT2D eigenvalue weighted by atomic mass is 32.2. The summed E-state index contributed by atoms with van der Waals surface area (Å²) < 4.78 is 36.4. The minimum absolute atomic E-state index is 0.0860. The number of nitrogens with one attached hydrogen (secondary N) is 1. The summed E-state index contributed by atoms with van der Waals surface area (Å²) in [6.45, 7) is 0.187. The van der Waals surface area contributed by atoms with Crippen LogP contribution in [0.1, 0.15) is 25.7 Å². The van der Waals surface area contributed by atoms with Gasteiger partial charge in [-0.05, 0) is 25.0 Å². The van der Waals surface area contributed by atoms with Crippen LogP contribution >= 0.6 is 0 Å². The summed E-state index contributed by atoms with van der Waals surface area (Å²) in [5.41, 5.74) is 0.0860. The second kappa shape index (κ2) is 8.96. The van der Waals surface area contributed by atoms with E-state index in [2.05, 4.69) is 10.1 Å². The number of methoxy groups -OCH3 is 2. The van der Waals surface area contributed by atoms with Gasteiger partial charge in [-0.15, -0.1) is 0 Å². The van der Waals surface area contributed by atoms with Crippen LogP contribution in [-0.2, 0) is 33.9 Å². The number of benzene rings is 1. The van der Waals surface area contributed by atoms with Gasteiger partial charge < -0.3 is 14.8 Å². The molecular weight excluding hydrogens is 376 g/mol. The number of ether oxygens (including phenoxy) is 2. The van der Waals surface area contributed by atoms with E-state index in [1.807, 2.05) is 0 Å². The Morgan fingerprint density at radius 3 is 2.52 bits per heavy atom. The van der Waals surface area contributed by atoms with Crippen molar-refractivity contribution in [3.8, 4) is 0 Å². The summed E-state index contributed by atoms with van der Waals surface area (Å²) in [5, 5.41) is 2.51. The van der Waals surface area contributed by atoms with Crippen molar-refractivity contribution in [3.63, 3.8) is 0 Å². The van der Waals surface area contributed by atoms with Crippen LogP contribution in [0.3, 0.4) is 0 Å². The molecule has 1 aliphatic heterocycles. The van der Waals surface area contributed by atoms with Crippen LogP contribution in [0, 0.1) is 0 Å². The third kappa shape index (κ3) is 4.83. The zero-order valence-corrected chi connectivity index (χ0v) is 16.0. The number of sulfonamides is 1. The molecule has 27 heavy (non-hydrogen) atoms. The van der Waals surface area contributed by atoms with Crippen molar-refractivity contribution in [1.82, 2.24) is 4.31 Å². The Labute approximate surface area is 157 Å². The quantitative estimate of drug-likeness (QED) is 0.678. The number of para-hydroxylation sites is 1. The summed E-state index contributed by atoms with van der Waals surface area (Å²) in [4.78, 5) is 35.0. The number of hydrogen-bond acceptors (Lipinski definition) is 7. The van der Waals surface area contributed by atoms with Crippen LogP contribution in [0.4, 0.5) is 5.69 Å². The van der Waals surface area contributed by atoms with E-state index < -0.39 is 33.9 Å². The topological polar surface area (TPSA) is 119 Å². The number of carbonyl (C=O) groups excluding carboxylic acids is 3. The Hall–Kier alpha value is -2.46. The van der Waals surface area contributed by atoms with Gasteiger partial charge in [0.25, 0.3) is 0 Å². The van der Waals surface area contributed by atoms with E-state index in [1.54, 1.807) is 6.07 Å². The van der Waals surface area contributed by atoms with E-state index in [1.165, 1.54) is 32.4 Å². The van der Waals surface area contributed by atoms with Crippen molar-refractivity contribution in [2.45, 2.75) is 36.6 Å². The highest BCUT2D eigenvalue weighted by Gasteiger charge is 2.41. The van der Waals surface area contributed by atoms with Crippen molar-refractivity contribution in [3.05, 3.63) is 24.3 Å². The molecule has 0 saturated carbocycles. The summed E-state index contributed by atoms with van der Waals surface area (Å²) in [6.07, 6.45) is 0.648. The molecule has 0 aromatic heterocycles. The van der Waals surface area contributed by atoms with E-state index in [0.717, 1.165) is 4.31 Å². The Balaban J connectivity index is 2.24. The molecule has 10 heteroatoms. The molecule has 1 atom stereocenters. The summed E-state index contributed by atoms with van der Waals surface area (Å²) >= 11 is 0. The van der Waals surface area contributed by atoms with Crippen molar-refractivity contribution in [2.24, 2.45) is 0 Å². The largest absolute Gasteiger partial charge is 0.469 e. The Bertz CT molecular complexity index is 822. The van der Waals surface area contributed by atoms with Crippen molar-refractivity contribution in [2.75, 3.05) is 26.1 Å². The lowest BCUT2D eigenvalue weighted by molar-refractivity contribution is -0.144. The molecule has 1 amide bonds. The first-order valence-corrected chi connectivity index (χ1v) is 9.80. The molecule has 0 unspecified atom stereocenters. The Morgan fingerprint density at radius 2 is 1.85 bits per heavy atom. The van der Waals surface area contributed by atoms with Gasteiger partial charge in [-0.2, -0.15) is 4.31 Å². The maximum absolute atomic E-state index is 13.1. The van der Waals surface area contributed by atoms with Crippen molar-refractivity contribution < 1.29 is 32.3 Å². The molecule has 1 N–H and O–H groups in total. The fourth-order valence-corrected chi connectivity index (χ4v) is 4.65. The number of esters is 2. The van der Waals surface area contributed by atoms with Crippen molar-refractivity contribution >= 4 is 33.6 Å². The van der Waals surface area contributed by atoms with Gasteiger partial charge >= 0.3 is 11.9 Å². The van der Waals surface area contributed by atoms with Gasteiger partial charge in [0.05, 0.1) is 26.3 Å². The van der Waals surface area contributed by atoms with Gasteiger partial charge in [0.2, 0.25) is 15.9 Å². The molecular formula is C17H22N2O7S. The number of hydrogen-bond donors (Lipinski definition) is 1. The molecule has 1 aromatic rings. The lowest BCUT2D eigenvalue weighted by atomic mass is 10.2. The first kappa shape index (κ1) is 20.8. The normalized spacial score (nSPS) is 17.3. The van der Waals surface area contributed by atoms with Gasteiger partial charge in [-0.1, -0.05) is 12.1 Å². The van der Waals surface area contributed by atoms with Gasteiger partial charge in [-0.25, -0.2) is 8.42 Å². The zero-order valence-electron chi connectivity index (χ0n) is 15.1. The first-order chi connectivity index (χ1) is 12.8. The van der Waals surface area contributed by atoms with Crippen LogP contribution < -0.4 is 5.32 Å². The maximum Gasteiger partial charge on any atom is 0.324 e. The summed E-state index contributed by atoms with van der Waals surface area (Å²) in [5.74, 6) is -1.67. The lowest BCUT2D eigenvalue weighted by Crippen LogP contribution is -2.41. The monoisotopic (exact) mass is 398 g/mol. The average Bonchev–Trinajstić information content (AvgIpc) is 3.16. The molecule has 0 aliphatic carbocycles.